The van der Waals surface area contributed by atoms with E-state index in [1.165, 1.54) is 6.07 Å². The van der Waals surface area contributed by atoms with E-state index in [4.69, 9.17) is 23.2 Å². The average Bonchev–Trinajstić information content (AvgIpc) is 2.64. The Morgan fingerprint density at radius 3 is 2.41 bits per heavy atom. The predicted octanol–water partition coefficient (Wildman–Crippen LogP) is 5.28. The van der Waals surface area contributed by atoms with Crippen LogP contribution in [0.3, 0.4) is 0 Å². The molecule has 0 spiro atoms. The van der Waals surface area contributed by atoms with Crippen LogP contribution >= 0.6 is 23.2 Å². The number of hydrogen-bond donors (Lipinski definition) is 2. The van der Waals surface area contributed by atoms with Crippen LogP contribution in [-0.4, -0.2) is 17.5 Å². The molecule has 0 aliphatic rings. The van der Waals surface area contributed by atoms with E-state index in [2.05, 4.69) is 15.8 Å². The van der Waals surface area contributed by atoms with Crippen LogP contribution in [-0.2, 0) is 4.79 Å². The van der Waals surface area contributed by atoms with Gasteiger partial charge in [-0.3, -0.25) is 9.59 Å². The normalized spacial score (nSPS) is 11.2. The topological polar surface area (TPSA) is 70.6 Å². The first kappa shape index (κ1) is 20.9. The lowest BCUT2D eigenvalue weighted by Crippen LogP contribution is -2.18. The summed E-state index contributed by atoms with van der Waals surface area (Å²) in [6.45, 7) is 3.84. The summed E-state index contributed by atoms with van der Waals surface area (Å²) in [6, 6.07) is 11.9. The largest absolute Gasteiger partial charge is 0.322 e. The molecule has 2 amide bonds. The maximum atomic E-state index is 12.3. The molecule has 7 heteroatoms. The molecular formula is C20H21Cl2N3O2. The van der Waals surface area contributed by atoms with Gasteiger partial charge < -0.3 is 5.32 Å². The van der Waals surface area contributed by atoms with Crippen LogP contribution in [0, 0.1) is 0 Å². The van der Waals surface area contributed by atoms with Crippen molar-refractivity contribution in [3.05, 3.63) is 63.6 Å². The molecule has 0 aliphatic carbocycles. The fourth-order valence-electron chi connectivity index (χ4n) is 2.27. The lowest BCUT2D eigenvalue weighted by molar-refractivity contribution is -0.121. The molecule has 27 heavy (non-hydrogen) atoms. The molecule has 0 heterocycles. The Morgan fingerprint density at radius 2 is 1.78 bits per heavy atom. The molecule has 0 aromatic heterocycles. The highest BCUT2D eigenvalue weighted by Gasteiger charge is 2.11. The lowest BCUT2D eigenvalue weighted by Gasteiger charge is -2.08. The van der Waals surface area contributed by atoms with Crippen LogP contribution in [0.25, 0.3) is 0 Å². The molecule has 2 aromatic rings. The third-order valence-electron chi connectivity index (χ3n) is 3.84. The van der Waals surface area contributed by atoms with Crippen molar-refractivity contribution >= 4 is 46.4 Å². The van der Waals surface area contributed by atoms with Gasteiger partial charge in [-0.15, -0.1) is 0 Å². The third-order valence-corrected chi connectivity index (χ3v) is 4.39. The van der Waals surface area contributed by atoms with Crippen molar-refractivity contribution in [3.8, 4) is 0 Å². The van der Waals surface area contributed by atoms with Crippen molar-refractivity contribution in [1.82, 2.24) is 5.43 Å². The number of amides is 2. The zero-order valence-corrected chi connectivity index (χ0v) is 16.7. The van der Waals surface area contributed by atoms with Gasteiger partial charge in [0, 0.05) is 17.1 Å². The standard InChI is InChI=1S/C20H21Cl2N3O2/c1-3-4-5-19(26)25-24-13(2)14-6-9-16(10-7-14)23-20(27)17-11-8-15(21)12-18(17)22/h6-12H,3-5H2,1-2H3,(H,23,27)(H,25,26)/b24-13-. The maximum Gasteiger partial charge on any atom is 0.257 e. The van der Waals surface area contributed by atoms with E-state index in [1.807, 2.05) is 19.1 Å². The van der Waals surface area contributed by atoms with Gasteiger partial charge in [-0.05, 0) is 49.2 Å². The van der Waals surface area contributed by atoms with E-state index < -0.39 is 0 Å². The first-order valence-electron chi connectivity index (χ1n) is 8.60. The zero-order chi connectivity index (χ0) is 19.8. The van der Waals surface area contributed by atoms with E-state index in [9.17, 15) is 9.59 Å². The summed E-state index contributed by atoms with van der Waals surface area (Å²) >= 11 is 11.9. The first-order chi connectivity index (χ1) is 12.9. The summed E-state index contributed by atoms with van der Waals surface area (Å²) in [5, 5.41) is 7.65. The number of benzene rings is 2. The van der Waals surface area contributed by atoms with Gasteiger partial charge in [0.2, 0.25) is 5.91 Å². The SMILES string of the molecule is CCCCC(=O)N/N=C(/C)c1ccc(NC(=O)c2ccc(Cl)cc2Cl)cc1. The second-order valence-corrected chi connectivity index (χ2v) is 6.84. The molecule has 2 N–H and O–H groups in total. The van der Waals surface area contributed by atoms with Crippen molar-refractivity contribution in [2.75, 3.05) is 5.32 Å². The van der Waals surface area contributed by atoms with Crippen LogP contribution < -0.4 is 10.7 Å². The Labute approximate surface area is 168 Å². The molecule has 2 rings (SSSR count). The molecule has 0 radical (unpaired) electrons. The number of halogens is 2. The predicted molar refractivity (Wildman–Crippen MR) is 111 cm³/mol. The Kier molecular flexibility index (Phi) is 7.82. The molecule has 0 saturated heterocycles. The van der Waals surface area contributed by atoms with Crippen molar-refractivity contribution in [2.45, 2.75) is 33.1 Å². The summed E-state index contributed by atoms with van der Waals surface area (Å²) in [6.07, 6.45) is 2.27. The Balaban J connectivity index is 2.00. The highest BCUT2D eigenvalue weighted by molar-refractivity contribution is 6.37. The van der Waals surface area contributed by atoms with Gasteiger partial charge in [-0.2, -0.15) is 5.10 Å². The van der Waals surface area contributed by atoms with Gasteiger partial charge in [-0.1, -0.05) is 48.7 Å². The van der Waals surface area contributed by atoms with Gasteiger partial charge >= 0.3 is 0 Å². The zero-order valence-electron chi connectivity index (χ0n) is 15.2. The summed E-state index contributed by atoms with van der Waals surface area (Å²) in [5.41, 5.74) is 5.03. The number of carbonyl (C=O) groups excluding carboxylic acids is 2. The van der Waals surface area contributed by atoms with Gasteiger partial charge in [0.1, 0.15) is 0 Å². The number of unbranched alkanes of at least 4 members (excludes halogenated alkanes) is 1. The number of rotatable bonds is 7. The van der Waals surface area contributed by atoms with E-state index in [-0.39, 0.29) is 11.8 Å². The number of nitrogens with zero attached hydrogens (tertiary/aromatic N) is 1. The van der Waals surface area contributed by atoms with Crippen LogP contribution in [0.15, 0.2) is 47.6 Å². The van der Waals surface area contributed by atoms with Crippen molar-refractivity contribution in [2.24, 2.45) is 5.10 Å². The van der Waals surface area contributed by atoms with Crippen LogP contribution in [0.4, 0.5) is 5.69 Å². The fraction of sp³-hybridized carbons (Fsp3) is 0.250. The number of nitrogens with one attached hydrogen (secondary N) is 2. The second kappa shape index (κ2) is 10.1. The quantitative estimate of drug-likeness (QED) is 0.485. The highest BCUT2D eigenvalue weighted by atomic mass is 35.5. The molecule has 5 nitrogen and oxygen atoms in total. The smallest absolute Gasteiger partial charge is 0.257 e. The van der Waals surface area contributed by atoms with Crippen molar-refractivity contribution in [3.63, 3.8) is 0 Å². The van der Waals surface area contributed by atoms with Gasteiger partial charge in [-0.25, -0.2) is 5.43 Å². The second-order valence-electron chi connectivity index (χ2n) is 5.99. The average molecular weight is 406 g/mol. The van der Waals surface area contributed by atoms with Gasteiger partial charge in [0.05, 0.1) is 16.3 Å². The van der Waals surface area contributed by atoms with Crippen LogP contribution in [0.2, 0.25) is 10.0 Å². The van der Waals surface area contributed by atoms with Crippen molar-refractivity contribution < 1.29 is 9.59 Å². The monoisotopic (exact) mass is 405 g/mol. The minimum Gasteiger partial charge on any atom is -0.322 e. The summed E-state index contributed by atoms with van der Waals surface area (Å²) < 4.78 is 0. The van der Waals surface area contributed by atoms with E-state index in [1.54, 1.807) is 31.2 Å². The fourth-order valence-corrected chi connectivity index (χ4v) is 2.77. The van der Waals surface area contributed by atoms with E-state index in [0.717, 1.165) is 18.4 Å². The third kappa shape index (κ3) is 6.38. The first-order valence-corrected chi connectivity index (χ1v) is 9.36. The molecule has 0 atom stereocenters. The number of carbonyl (C=O) groups is 2. The van der Waals surface area contributed by atoms with Gasteiger partial charge in [0.25, 0.3) is 5.91 Å². The maximum absolute atomic E-state index is 12.3. The Morgan fingerprint density at radius 1 is 1.07 bits per heavy atom. The van der Waals surface area contributed by atoms with Crippen LogP contribution in [0.5, 0.6) is 0 Å². The summed E-state index contributed by atoms with van der Waals surface area (Å²) in [5.74, 6) is -0.419. The molecule has 142 valence electrons. The molecule has 2 aromatic carbocycles. The molecule has 0 unspecified atom stereocenters. The van der Waals surface area contributed by atoms with Crippen LogP contribution in [0.1, 0.15) is 49.0 Å². The summed E-state index contributed by atoms with van der Waals surface area (Å²) in [4.78, 5) is 23.9. The van der Waals surface area contributed by atoms with E-state index >= 15 is 0 Å². The highest BCUT2D eigenvalue weighted by Crippen LogP contribution is 2.22. The molecule has 0 fully saturated rings. The lowest BCUT2D eigenvalue weighted by atomic mass is 10.1. The Hall–Kier alpha value is -2.37. The minimum atomic E-state index is -0.321. The molecule has 0 aliphatic heterocycles. The molecular weight excluding hydrogens is 385 g/mol. The van der Waals surface area contributed by atoms with Gasteiger partial charge in [0.15, 0.2) is 0 Å². The minimum absolute atomic E-state index is 0.0973. The molecule has 0 bridgehead atoms. The summed E-state index contributed by atoms with van der Waals surface area (Å²) in [7, 11) is 0. The number of hydrogen-bond acceptors (Lipinski definition) is 3. The van der Waals surface area contributed by atoms with E-state index in [0.29, 0.717) is 33.4 Å². The number of hydrazone groups is 1. The Bertz CT molecular complexity index is 849. The number of anilines is 1. The van der Waals surface area contributed by atoms with Crippen molar-refractivity contribution in [1.29, 1.82) is 0 Å². The molecule has 0 saturated carbocycles.